The van der Waals surface area contributed by atoms with Crippen molar-refractivity contribution in [3.8, 4) is 5.75 Å². The molecule has 1 aromatic heterocycles. The number of unbranched alkanes of at least 4 members (excludes halogenated alkanes) is 1. The molecule has 3 nitrogen and oxygen atoms in total. The van der Waals surface area contributed by atoms with Crippen molar-refractivity contribution in [3.63, 3.8) is 0 Å². The summed E-state index contributed by atoms with van der Waals surface area (Å²) in [5.41, 5.74) is 4.91. The van der Waals surface area contributed by atoms with Gasteiger partial charge in [-0.2, -0.15) is 0 Å². The fourth-order valence-electron chi connectivity index (χ4n) is 3.69. The zero-order valence-corrected chi connectivity index (χ0v) is 18.0. The molecule has 28 heavy (non-hydrogen) atoms. The largest absolute Gasteiger partial charge is 0.493 e. The van der Waals surface area contributed by atoms with Gasteiger partial charge in [-0.05, 0) is 60.9 Å². The molecule has 0 aliphatic carbocycles. The van der Waals surface area contributed by atoms with Gasteiger partial charge in [0.1, 0.15) is 11.6 Å². The smallest absolute Gasteiger partial charge is 0.122 e. The van der Waals surface area contributed by atoms with E-state index >= 15 is 0 Å². The molecular weight excluding hydrogens is 344 g/mol. The lowest BCUT2D eigenvalue weighted by Crippen LogP contribution is -2.08. The molecule has 3 heteroatoms. The molecular formula is C25H34N2O. The SMILES string of the molecule is Cc1ccc(C(C)C)c(OCCCCn2c(CC(C)C)nc3ccccc32)c1. The summed E-state index contributed by atoms with van der Waals surface area (Å²) in [5.74, 6) is 3.34. The highest BCUT2D eigenvalue weighted by molar-refractivity contribution is 5.75. The van der Waals surface area contributed by atoms with Crippen LogP contribution in [0.2, 0.25) is 0 Å². The molecule has 3 aromatic rings. The Balaban J connectivity index is 1.61. The molecule has 2 aromatic carbocycles. The Morgan fingerprint density at radius 1 is 1.00 bits per heavy atom. The summed E-state index contributed by atoms with van der Waals surface area (Å²) in [6.45, 7) is 12.8. The number of para-hydroxylation sites is 2. The van der Waals surface area contributed by atoms with Crippen LogP contribution in [-0.2, 0) is 13.0 Å². The van der Waals surface area contributed by atoms with Gasteiger partial charge in [-0.3, -0.25) is 0 Å². The molecule has 0 N–H and O–H groups in total. The fraction of sp³-hybridized carbons (Fsp3) is 0.480. The first kappa shape index (κ1) is 20.4. The maximum absolute atomic E-state index is 6.16. The van der Waals surface area contributed by atoms with Crippen LogP contribution in [0.25, 0.3) is 11.0 Å². The number of ether oxygens (including phenoxy) is 1. The summed E-state index contributed by atoms with van der Waals surface area (Å²) < 4.78 is 8.56. The van der Waals surface area contributed by atoms with E-state index in [1.807, 2.05) is 0 Å². The molecule has 0 spiro atoms. The second-order valence-corrected chi connectivity index (χ2v) is 8.52. The van der Waals surface area contributed by atoms with Gasteiger partial charge < -0.3 is 9.30 Å². The summed E-state index contributed by atoms with van der Waals surface area (Å²) in [6.07, 6.45) is 3.15. The Morgan fingerprint density at radius 3 is 2.54 bits per heavy atom. The van der Waals surface area contributed by atoms with E-state index in [2.05, 4.69) is 81.7 Å². The topological polar surface area (TPSA) is 27.1 Å². The zero-order chi connectivity index (χ0) is 20.1. The van der Waals surface area contributed by atoms with Crippen molar-refractivity contribution in [1.82, 2.24) is 9.55 Å². The van der Waals surface area contributed by atoms with Gasteiger partial charge in [-0.1, -0.05) is 52.0 Å². The number of imidazole rings is 1. The van der Waals surface area contributed by atoms with Gasteiger partial charge in [0.25, 0.3) is 0 Å². The predicted molar refractivity (Wildman–Crippen MR) is 118 cm³/mol. The van der Waals surface area contributed by atoms with Crippen LogP contribution in [0.1, 0.15) is 63.4 Å². The molecule has 1 heterocycles. The van der Waals surface area contributed by atoms with Crippen LogP contribution < -0.4 is 4.74 Å². The molecule has 0 fully saturated rings. The summed E-state index contributed by atoms with van der Waals surface area (Å²) in [7, 11) is 0. The summed E-state index contributed by atoms with van der Waals surface area (Å²) in [5, 5.41) is 0. The molecule has 0 amide bonds. The predicted octanol–water partition coefficient (Wildman–Crippen LogP) is 6.53. The van der Waals surface area contributed by atoms with Crippen LogP contribution in [0.3, 0.4) is 0 Å². The van der Waals surface area contributed by atoms with Crippen LogP contribution in [0.15, 0.2) is 42.5 Å². The Morgan fingerprint density at radius 2 is 1.79 bits per heavy atom. The molecule has 3 rings (SSSR count). The van der Waals surface area contributed by atoms with E-state index in [0.29, 0.717) is 11.8 Å². The third-order valence-electron chi connectivity index (χ3n) is 5.15. The number of benzene rings is 2. The van der Waals surface area contributed by atoms with Crippen LogP contribution >= 0.6 is 0 Å². The highest BCUT2D eigenvalue weighted by atomic mass is 16.5. The van der Waals surface area contributed by atoms with Crippen LogP contribution in [0.5, 0.6) is 5.75 Å². The van der Waals surface area contributed by atoms with Gasteiger partial charge >= 0.3 is 0 Å². The molecule has 0 saturated carbocycles. The zero-order valence-electron chi connectivity index (χ0n) is 18.0. The van der Waals surface area contributed by atoms with Gasteiger partial charge in [-0.15, -0.1) is 0 Å². The van der Waals surface area contributed by atoms with E-state index < -0.39 is 0 Å². The van der Waals surface area contributed by atoms with Crippen molar-refractivity contribution in [2.45, 2.75) is 66.3 Å². The first-order chi connectivity index (χ1) is 13.5. The fourth-order valence-corrected chi connectivity index (χ4v) is 3.69. The highest BCUT2D eigenvalue weighted by Gasteiger charge is 2.12. The van der Waals surface area contributed by atoms with E-state index in [4.69, 9.17) is 9.72 Å². The maximum atomic E-state index is 6.16. The van der Waals surface area contributed by atoms with E-state index in [9.17, 15) is 0 Å². The Kier molecular flexibility index (Phi) is 6.77. The first-order valence-corrected chi connectivity index (χ1v) is 10.6. The average Bonchev–Trinajstić information content (AvgIpc) is 2.98. The molecule has 0 aliphatic rings. The number of aromatic nitrogens is 2. The quantitative estimate of drug-likeness (QED) is 0.396. The third kappa shape index (κ3) is 4.95. The summed E-state index contributed by atoms with van der Waals surface area (Å²) in [4.78, 5) is 4.87. The molecule has 0 aliphatic heterocycles. The summed E-state index contributed by atoms with van der Waals surface area (Å²) in [6, 6.07) is 15.0. The molecule has 0 radical (unpaired) electrons. The Bertz CT molecular complexity index is 908. The van der Waals surface area contributed by atoms with Crippen LogP contribution in [-0.4, -0.2) is 16.2 Å². The minimum atomic E-state index is 0.478. The lowest BCUT2D eigenvalue weighted by atomic mass is 10.0. The van der Waals surface area contributed by atoms with Crippen molar-refractivity contribution in [2.75, 3.05) is 6.61 Å². The number of fused-ring (bicyclic) bond motifs is 1. The molecule has 0 atom stereocenters. The van der Waals surface area contributed by atoms with Gasteiger partial charge in [0, 0.05) is 13.0 Å². The maximum Gasteiger partial charge on any atom is 0.122 e. The second-order valence-electron chi connectivity index (χ2n) is 8.52. The number of aryl methyl sites for hydroxylation is 2. The van der Waals surface area contributed by atoms with Gasteiger partial charge in [0.15, 0.2) is 0 Å². The number of rotatable bonds is 9. The third-order valence-corrected chi connectivity index (χ3v) is 5.15. The number of nitrogens with zero attached hydrogens (tertiary/aromatic N) is 2. The molecule has 0 bridgehead atoms. The number of hydrogen-bond acceptors (Lipinski definition) is 2. The lowest BCUT2D eigenvalue weighted by Gasteiger charge is -2.15. The highest BCUT2D eigenvalue weighted by Crippen LogP contribution is 2.27. The van der Waals surface area contributed by atoms with Crippen LogP contribution in [0.4, 0.5) is 0 Å². The van der Waals surface area contributed by atoms with Gasteiger partial charge in [-0.25, -0.2) is 4.98 Å². The van der Waals surface area contributed by atoms with Crippen LogP contribution in [0, 0.1) is 12.8 Å². The van der Waals surface area contributed by atoms with E-state index in [1.54, 1.807) is 0 Å². The van der Waals surface area contributed by atoms with Crippen molar-refractivity contribution in [3.05, 3.63) is 59.4 Å². The first-order valence-electron chi connectivity index (χ1n) is 10.6. The van der Waals surface area contributed by atoms with E-state index in [0.717, 1.165) is 43.7 Å². The molecule has 0 unspecified atom stereocenters. The Labute approximate surface area is 169 Å². The second kappa shape index (κ2) is 9.27. The minimum absolute atomic E-state index is 0.478. The van der Waals surface area contributed by atoms with Crippen molar-refractivity contribution >= 4 is 11.0 Å². The van der Waals surface area contributed by atoms with E-state index in [1.165, 1.54) is 22.5 Å². The van der Waals surface area contributed by atoms with Crippen molar-refractivity contribution < 1.29 is 4.74 Å². The minimum Gasteiger partial charge on any atom is -0.493 e. The van der Waals surface area contributed by atoms with Gasteiger partial charge in [0.05, 0.1) is 17.6 Å². The normalized spacial score (nSPS) is 11.7. The molecule has 0 saturated heterocycles. The lowest BCUT2D eigenvalue weighted by molar-refractivity contribution is 0.299. The van der Waals surface area contributed by atoms with E-state index in [-0.39, 0.29) is 0 Å². The Hall–Kier alpha value is -2.29. The number of hydrogen-bond donors (Lipinski definition) is 0. The van der Waals surface area contributed by atoms with Gasteiger partial charge in [0.2, 0.25) is 0 Å². The average molecular weight is 379 g/mol. The standard InChI is InChI=1S/C25H34N2O/c1-18(2)16-25-26-22-10-6-7-11-23(22)27(25)14-8-9-15-28-24-17-20(5)12-13-21(24)19(3)4/h6-7,10-13,17-19H,8-9,14-16H2,1-5H3. The summed E-state index contributed by atoms with van der Waals surface area (Å²) >= 11 is 0. The van der Waals surface area contributed by atoms with Crippen molar-refractivity contribution in [1.29, 1.82) is 0 Å². The van der Waals surface area contributed by atoms with Crippen molar-refractivity contribution in [2.24, 2.45) is 5.92 Å². The molecule has 150 valence electrons. The monoisotopic (exact) mass is 378 g/mol.